The molecule has 22 heavy (non-hydrogen) atoms. The lowest BCUT2D eigenvalue weighted by molar-refractivity contribution is -0.0554. The van der Waals surface area contributed by atoms with E-state index >= 15 is 0 Å². The molecule has 11 nitrogen and oxygen atoms in total. The molecule has 13 heteroatoms. The number of ether oxygens (including phenoxy) is 1. The van der Waals surface area contributed by atoms with E-state index in [-0.39, 0.29) is 0 Å². The van der Waals surface area contributed by atoms with Gasteiger partial charge in [-0.3, -0.25) is 14.3 Å². The quantitative estimate of drug-likeness (QED) is 0.303. The van der Waals surface area contributed by atoms with Crippen molar-refractivity contribution in [3.63, 3.8) is 0 Å². The monoisotopic (exact) mass is 343 g/mol. The molecule has 2 heterocycles. The Balaban J connectivity index is 0.000000541. The van der Waals surface area contributed by atoms with E-state index in [1.54, 1.807) is 4.98 Å². The van der Waals surface area contributed by atoms with Crippen molar-refractivity contribution in [3.05, 3.63) is 32.9 Å². The Morgan fingerprint density at radius 1 is 1.32 bits per heavy atom. The second-order valence-corrected chi connectivity index (χ2v) is 4.63. The third kappa shape index (κ3) is 4.24. The van der Waals surface area contributed by atoms with Crippen molar-refractivity contribution in [2.24, 2.45) is 0 Å². The molecule has 0 bridgehead atoms. The number of hydrogen-bond acceptors (Lipinski definition) is 7. The number of aliphatic hydroxyl groups excluding tert-OH is 3. The van der Waals surface area contributed by atoms with Gasteiger partial charge in [0.25, 0.3) is 5.56 Å². The molecule has 0 spiro atoms. The second-order valence-electron chi connectivity index (χ2n) is 4.13. The maximum Gasteiger partial charge on any atom is 0.692 e. The molecular weight excluding hydrogens is 330 g/mol. The van der Waals surface area contributed by atoms with Gasteiger partial charge in [0.1, 0.15) is 18.3 Å². The van der Waals surface area contributed by atoms with Crippen molar-refractivity contribution >= 4 is 8.25 Å². The highest BCUT2D eigenvalue weighted by Crippen LogP contribution is 2.27. The second kappa shape index (κ2) is 7.65. The number of nitrogens with one attached hydrogen (secondary N) is 1. The van der Waals surface area contributed by atoms with Crippen LogP contribution in [0.2, 0.25) is 0 Å². The van der Waals surface area contributed by atoms with Crippen molar-refractivity contribution in [1.29, 1.82) is 0 Å². The summed E-state index contributed by atoms with van der Waals surface area (Å²) in [4.78, 5) is 38.2. The first kappa shape index (κ1) is 18.5. The van der Waals surface area contributed by atoms with Crippen molar-refractivity contribution < 1.29 is 38.8 Å². The first-order valence-electron chi connectivity index (χ1n) is 5.67. The van der Waals surface area contributed by atoms with Gasteiger partial charge in [-0.05, 0) is 0 Å². The number of rotatable bonds is 2. The molecule has 0 amide bonds. The Bertz CT molecular complexity index is 643. The number of H-pyrrole nitrogens is 1. The minimum atomic E-state index is -2.87. The Hall–Kier alpha value is -1.53. The predicted octanol–water partition coefficient (Wildman–Crippen LogP) is -3.08. The van der Waals surface area contributed by atoms with Gasteiger partial charge in [0.15, 0.2) is 6.23 Å². The average molecular weight is 343 g/mol. The van der Waals surface area contributed by atoms with Gasteiger partial charge >= 0.3 is 13.9 Å². The van der Waals surface area contributed by atoms with E-state index in [9.17, 15) is 24.2 Å². The van der Waals surface area contributed by atoms with Crippen LogP contribution in [0, 0.1) is 5.82 Å². The molecule has 0 saturated carbocycles. The van der Waals surface area contributed by atoms with Gasteiger partial charge in [0.05, 0.1) is 12.8 Å². The van der Waals surface area contributed by atoms with E-state index in [2.05, 4.69) is 0 Å². The molecule has 4 atom stereocenters. The van der Waals surface area contributed by atoms with Crippen LogP contribution in [0.3, 0.4) is 0 Å². The van der Waals surface area contributed by atoms with E-state index < -0.39 is 56.5 Å². The van der Waals surface area contributed by atoms with Gasteiger partial charge in [-0.25, -0.2) is 4.79 Å². The van der Waals surface area contributed by atoms with Gasteiger partial charge in [-0.1, -0.05) is 0 Å². The molecule has 1 aromatic heterocycles. The fourth-order valence-corrected chi connectivity index (χ4v) is 1.76. The summed E-state index contributed by atoms with van der Waals surface area (Å²) in [5.41, 5.74) is -2.18. The molecule has 2 rings (SSSR count). The maximum atomic E-state index is 13.1. The molecular formula is C9H13FN2O9P+. The van der Waals surface area contributed by atoms with Crippen LogP contribution in [0.25, 0.3) is 0 Å². The number of halogens is 1. The average Bonchev–Trinajstić information content (AvgIpc) is 2.70. The lowest BCUT2D eigenvalue weighted by Gasteiger charge is -2.16. The van der Waals surface area contributed by atoms with Crippen LogP contribution >= 0.6 is 8.25 Å². The summed E-state index contributed by atoms with van der Waals surface area (Å²) in [7, 11) is -2.87. The van der Waals surface area contributed by atoms with Crippen molar-refractivity contribution in [3.8, 4) is 0 Å². The molecule has 1 fully saturated rings. The first-order chi connectivity index (χ1) is 10.2. The summed E-state index contributed by atoms with van der Waals surface area (Å²) in [5, 5.41) is 28.0. The molecule has 6 N–H and O–H groups in total. The van der Waals surface area contributed by atoms with Crippen molar-refractivity contribution in [2.75, 3.05) is 6.61 Å². The molecule has 0 aliphatic carbocycles. The number of aliphatic hydroxyl groups is 3. The van der Waals surface area contributed by atoms with Crippen LogP contribution in [0.4, 0.5) is 4.39 Å². The summed E-state index contributed by atoms with van der Waals surface area (Å²) in [6.07, 6.45) is -4.84. The van der Waals surface area contributed by atoms with Crippen molar-refractivity contribution in [1.82, 2.24) is 9.55 Å². The van der Waals surface area contributed by atoms with Crippen LogP contribution < -0.4 is 11.2 Å². The van der Waals surface area contributed by atoms with E-state index in [0.717, 1.165) is 0 Å². The summed E-state index contributed by atoms with van der Waals surface area (Å²) >= 11 is 0. The molecule has 124 valence electrons. The van der Waals surface area contributed by atoms with E-state index in [4.69, 9.17) is 24.2 Å². The SMILES string of the molecule is O=[P+](O)O.O=c1[nH]c(=O)n([C@@H]2O[C@H](CO)[C@@H](O)[C@H]2O)cc1F. The number of aromatic amines is 1. The van der Waals surface area contributed by atoms with Crippen LogP contribution in [0.15, 0.2) is 15.8 Å². The molecule has 0 radical (unpaired) electrons. The lowest BCUT2D eigenvalue weighted by atomic mass is 10.1. The zero-order chi connectivity index (χ0) is 17.0. The van der Waals surface area contributed by atoms with Crippen LogP contribution in [0.5, 0.6) is 0 Å². The normalized spacial score (nSPS) is 27.2. The predicted molar refractivity (Wildman–Crippen MR) is 66.3 cm³/mol. The number of hydrogen-bond donors (Lipinski definition) is 6. The fraction of sp³-hybridized carbons (Fsp3) is 0.556. The van der Waals surface area contributed by atoms with E-state index in [1.807, 2.05) is 0 Å². The van der Waals surface area contributed by atoms with Crippen molar-refractivity contribution in [2.45, 2.75) is 24.5 Å². The maximum absolute atomic E-state index is 13.1. The van der Waals surface area contributed by atoms with Gasteiger partial charge in [-0.15, -0.1) is 9.79 Å². The Morgan fingerprint density at radius 3 is 2.32 bits per heavy atom. The third-order valence-electron chi connectivity index (χ3n) is 2.72. The zero-order valence-electron chi connectivity index (χ0n) is 10.7. The minimum Gasteiger partial charge on any atom is -0.394 e. The highest BCUT2D eigenvalue weighted by molar-refractivity contribution is 7.30. The fourth-order valence-electron chi connectivity index (χ4n) is 1.76. The van der Waals surface area contributed by atoms with E-state index in [0.29, 0.717) is 10.8 Å². The summed E-state index contributed by atoms with van der Waals surface area (Å²) in [6.45, 7) is -0.574. The molecule has 1 aromatic rings. The summed E-state index contributed by atoms with van der Waals surface area (Å²) < 4.78 is 27.4. The number of nitrogens with zero attached hydrogens (tertiary/aromatic N) is 1. The topological polar surface area (TPSA) is 182 Å². The first-order valence-corrected chi connectivity index (χ1v) is 6.84. The highest BCUT2D eigenvalue weighted by atomic mass is 31.1. The van der Waals surface area contributed by atoms with Gasteiger partial charge in [0.2, 0.25) is 5.82 Å². The summed E-state index contributed by atoms with van der Waals surface area (Å²) in [6, 6.07) is 0. The Kier molecular flexibility index (Phi) is 6.44. The molecule has 0 aromatic carbocycles. The zero-order valence-corrected chi connectivity index (χ0v) is 11.6. The van der Waals surface area contributed by atoms with Gasteiger partial charge < -0.3 is 20.1 Å². The van der Waals surface area contributed by atoms with Gasteiger partial charge in [-0.2, -0.15) is 4.39 Å². The van der Waals surface area contributed by atoms with E-state index in [1.165, 1.54) is 0 Å². The van der Waals surface area contributed by atoms with Crippen LogP contribution in [-0.4, -0.2) is 59.6 Å². The minimum absolute atomic E-state index is 0.571. The Labute approximate surface area is 121 Å². The molecule has 0 unspecified atom stereocenters. The van der Waals surface area contributed by atoms with Gasteiger partial charge in [0, 0.05) is 4.57 Å². The standard InChI is InChI=1S/C9H11FN2O6.HO3P/c10-3-1-12(9(17)11-7(3)16)8-6(15)5(14)4(2-13)18-8;1-4(2)3/h1,4-6,8,13-15H,2H2,(H,11,16,17);(H-,1,2,3)/p+1/t4-,5-,6-,8-;/m1./s1. The smallest absolute Gasteiger partial charge is 0.394 e. The lowest BCUT2D eigenvalue weighted by Crippen LogP contribution is -2.38. The van der Waals surface area contributed by atoms with Crippen LogP contribution in [-0.2, 0) is 9.30 Å². The number of aromatic nitrogens is 2. The molecule has 1 saturated heterocycles. The molecule has 1 aliphatic rings. The largest absolute Gasteiger partial charge is 0.692 e. The Morgan fingerprint density at radius 2 is 1.86 bits per heavy atom. The third-order valence-corrected chi connectivity index (χ3v) is 2.72. The summed E-state index contributed by atoms with van der Waals surface area (Å²) in [5.74, 6) is -1.23. The molecule has 1 aliphatic heterocycles. The highest BCUT2D eigenvalue weighted by Gasteiger charge is 2.43. The van der Waals surface area contributed by atoms with Crippen LogP contribution in [0.1, 0.15) is 6.23 Å².